The highest BCUT2D eigenvalue weighted by Crippen LogP contribution is 1.96. The topological polar surface area (TPSA) is 85.2 Å². The monoisotopic (exact) mass is 190 g/mol. The van der Waals surface area contributed by atoms with Gasteiger partial charge >= 0.3 is 5.97 Å². The maximum Gasteiger partial charge on any atom is 0.307 e. The summed E-state index contributed by atoms with van der Waals surface area (Å²) in [5, 5.41) is 8.35. The fourth-order valence-electron chi connectivity index (χ4n) is 0.675. The van der Waals surface area contributed by atoms with Gasteiger partial charge in [-0.15, -0.1) is 12.4 Å². The average molecular weight is 191 g/mol. The number of hydrogen-bond donors (Lipinski definition) is 2. The first kappa shape index (κ1) is 13.5. The van der Waals surface area contributed by atoms with E-state index in [9.17, 15) is 4.79 Å². The smallest absolute Gasteiger partial charge is 0.307 e. The number of aromatic nitrogens is 1. The molecule has 1 heterocycles. The molecule has 1 aromatic rings. The average Bonchev–Trinajstić information content (AvgIpc) is 1.88. The van der Waals surface area contributed by atoms with Crippen molar-refractivity contribution in [3.8, 4) is 0 Å². The predicted molar refractivity (Wildman–Crippen MR) is 47.8 cm³/mol. The van der Waals surface area contributed by atoms with Crippen molar-refractivity contribution in [2.45, 2.75) is 6.42 Å². The highest BCUT2D eigenvalue weighted by Gasteiger charge is 1.96. The van der Waals surface area contributed by atoms with Crippen molar-refractivity contribution in [2.24, 2.45) is 0 Å². The molecule has 4 N–H and O–H groups in total. The number of carboxylic acid groups (broad SMARTS) is 1. The molecule has 0 aromatic carbocycles. The van der Waals surface area contributed by atoms with Crippen molar-refractivity contribution in [3.63, 3.8) is 0 Å². The Labute approximate surface area is 76.6 Å². The first-order valence-corrected chi connectivity index (χ1v) is 2.90. The zero-order valence-corrected chi connectivity index (χ0v) is 7.25. The maximum absolute atomic E-state index is 10.1. The third-order valence-electron chi connectivity index (χ3n) is 1.10. The van der Waals surface area contributed by atoms with Crippen molar-refractivity contribution >= 4 is 18.4 Å². The minimum Gasteiger partial charge on any atom is -0.481 e. The standard InChI is InChI=1S/C7H7NO2.ClH.H3N/c9-7(10)5-6-1-3-8-4-2-6;;/h1-4H,5H2,(H,9,10);1H;1H3. The summed E-state index contributed by atoms with van der Waals surface area (Å²) >= 11 is 0. The molecule has 5 heteroatoms. The molecule has 1 rings (SSSR count). The Kier molecular flexibility index (Phi) is 7.37. The van der Waals surface area contributed by atoms with E-state index in [0.29, 0.717) is 0 Å². The van der Waals surface area contributed by atoms with Crippen molar-refractivity contribution < 1.29 is 9.90 Å². The Hall–Kier alpha value is -1.13. The molecule has 0 aliphatic heterocycles. The molecule has 0 spiro atoms. The summed E-state index contributed by atoms with van der Waals surface area (Å²) in [6, 6.07) is 3.38. The van der Waals surface area contributed by atoms with Gasteiger partial charge in [0.25, 0.3) is 0 Å². The lowest BCUT2D eigenvalue weighted by atomic mass is 10.2. The molecular weight excluding hydrogens is 180 g/mol. The van der Waals surface area contributed by atoms with Crippen LogP contribution in [-0.2, 0) is 11.2 Å². The fraction of sp³-hybridized carbons (Fsp3) is 0.143. The van der Waals surface area contributed by atoms with Gasteiger partial charge in [-0.3, -0.25) is 9.78 Å². The van der Waals surface area contributed by atoms with Crippen LogP contribution < -0.4 is 6.15 Å². The summed E-state index contributed by atoms with van der Waals surface area (Å²) in [5.74, 6) is -0.814. The lowest BCUT2D eigenvalue weighted by Gasteiger charge is -1.92. The highest BCUT2D eigenvalue weighted by atomic mass is 35.5. The first-order chi connectivity index (χ1) is 4.79. The summed E-state index contributed by atoms with van der Waals surface area (Å²) in [7, 11) is 0. The van der Waals surface area contributed by atoms with Crippen LogP contribution in [0, 0.1) is 0 Å². The molecule has 0 saturated carbocycles. The number of halogens is 1. The second-order valence-corrected chi connectivity index (χ2v) is 1.93. The largest absolute Gasteiger partial charge is 0.481 e. The molecule has 0 fully saturated rings. The van der Waals surface area contributed by atoms with Crippen molar-refractivity contribution in [1.29, 1.82) is 0 Å². The van der Waals surface area contributed by atoms with Crippen LogP contribution in [0.2, 0.25) is 0 Å². The Balaban J connectivity index is 0. The van der Waals surface area contributed by atoms with E-state index in [1.807, 2.05) is 0 Å². The summed E-state index contributed by atoms with van der Waals surface area (Å²) in [6.07, 6.45) is 3.24. The van der Waals surface area contributed by atoms with Gasteiger partial charge in [0.05, 0.1) is 6.42 Å². The zero-order chi connectivity index (χ0) is 7.40. The third-order valence-corrected chi connectivity index (χ3v) is 1.10. The fourth-order valence-corrected chi connectivity index (χ4v) is 0.675. The van der Waals surface area contributed by atoms with Gasteiger partial charge in [0.1, 0.15) is 0 Å². The SMILES string of the molecule is Cl.N.O=C(O)Cc1ccncc1. The molecule has 0 aliphatic rings. The summed E-state index contributed by atoms with van der Waals surface area (Å²) in [4.78, 5) is 13.9. The molecule has 0 unspecified atom stereocenters. The minimum absolute atomic E-state index is 0. The van der Waals surface area contributed by atoms with E-state index in [4.69, 9.17) is 5.11 Å². The molecule has 1 aromatic heterocycles. The number of nitrogens with zero attached hydrogens (tertiary/aromatic N) is 1. The summed E-state index contributed by atoms with van der Waals surface area (Å²) in [6.45, 7) is 0. The van der Waals surface area contributed by atoms with Crippen LogP contribution in [0.1, 0.15) is 5.56 Å². The van der Waals surface area contributed by atoms with Crippen LogP contribution in [0.25, 0.3) is 0 Å². The van der Waals surface area contributed by atoms with E-state index in [2.05, 4.69) is 4.98 Å². The van der Waals surface area contributed by atoms with E-state index < -0.39 is 5.97 Å². The van der Waals surface area contributed by atoms with Gasteiger partial charge in [-0.05, 0) is 17.7 Å². The highest BCUT2D eigenvalue weighted by molar-refractivity contribution is 5.85. The minimum atomic E-state index is -0.814. The van der Waals surface area contributed by atoms with Crippen LogP contribution in [0.4, 0.5) is 0 Å². The van der Waals surface area contributed by atoms with Gasteiger partial charge in [-0.2, -0.15) is 0 Å². The van der Waals surface area contributed by atoms with Crippen LogP contribution in [-0.4, -0.2) is 16.1 Å². The second-order valence-electron chi connectivity index (χ2n) is 1.93. The Bertz CT molecular complexity index is 228. The molecule has 0 saturated heterocycles. The number of carboxylic acids is 1. The molecule has 0 amide bonds. The van der Waals surface area contributed by atoms with Crippen molar-refractivity contribution in [3.05, 3.63) is 30.1 Å². The molecule has 12 heavy (non-hydrogen) atoms. The van der Waals surface area contributed by atoms with Gasteiger partial charge in [0.15, 0.2) is 0 Å². The first-order valence-electron chi connectivity index (χ1n) is 2.90. The molecule has 0 aliphatic carbocycles. The van der Waals surface area contributed by atoms with E-state index in [-0.39, 0.29) is 25.0 Å². The lowest BCUT2D eigenvalue weighted by Crippen LogP contribution is -1.99. The number of pyridine rings is 1. The lowest BCUT2D eigenvalue weighted by molar-refractivity contribution is -0.136. The number of aliphatic carboxylic acids is 1. The molecule has 0 bridgehead atoms. The summed E-state index contributed by atoms with van der Waals surface area (Å²) in [5.41, 5.74) is 0.780. The molecular formula is C7H11ClN2O2. The van der Waals surface area contributed by atoms with Crippen LogP contribution >= 0.6 is 12.4 Å². The molecule has 0 radical (unpaired) electrons. The number of rotatable bonds is 2. The zero-order valence-electron chi connectivity index (χ0n) is 6.43. The predicted octanol–water partition coefficient (Wildman–Crippen LogP) is 1.29. The van der Waals surface area contributed by atoms with Crippen LogP contribution in [0.3, 0.4) is 0 Å². The normalized spacial score (nSPS) is 7.67. The Morgan fingerprint density at radius 2 is 1.92 bits per heavy atom. The maximum atomic E-state index is 10.1. The van der Waals surface area contributed by atoms with Crippen molar-refractivity contribution in [1.82, 2.24) is 11.1 Å². The van der Waals surface area contributed by atoms with Gasteiger partial charge in [0.2, 0.25) is 0 Å². The number of carbonyl (C=O) groups is 1. The van der Waals surface area contributed by atoms with E-state index in [1.54, 1.807) is 24.5 Å². The molecule has 68 valence electrons. The van der Waals surface area contributed by atoms with Gasteiger partial charge in [-0.1, -0.05) is 0 Å². The van der Waals surface area contributed by atoms with E-state index in [0.717, 1.165) is 5.56 Å². The molecule has 4 nitrogen and oxygen atoms in total. The van der Waals surface area contributed by atoms with Crippen LogP contribution in [0.5, 0.6) is 0 Å². The van der Waals surface area contributed by atoms with Crippen LogP contribution in [0.15, 0.2) is 24.5 Å². The van der Waals surface area contributed by atoms with E-state index >= 15 is 0 Å². The quantitative estimate of drug-likeness (QED) is 0.736. The van der Waals surface area contributed by atoms with Gasteiger partial charge in [0, 0.05) is 12.4 Å². The summed E-state index contributed by atoms with van der Waals surface area (Å²) < 4.78 is 0. The van der Waals surface area contributed by atoms with Crippen molar-refractivity contribution in [2.75, 3.05) is 0 Å². The van der Waals surface area contributed by atoms with E-state index in [1.165, 1.54) is 0 Å². The number of hydrogen-bond acceptors (Lipinski definition) is 3. The van der Waals surface area contributed by atoms with Gasteiger partial charge in [-0.25, -0.2) is 0 Å². The third kappa shape index (κ3) is 4.65. The van der Waals surface area contributed by atoms with Gasteiger partial charge < -0.3 is 11.3 Å². The second kappa shape index (κ2) is 6.57. The Morgan fingerprint density at radius 1 is 1.42 bits per heavy atom. The molecule has 0 atom stereocenters. The Morgan fingerprint density at radius 3 is 2.33 bits per heavy atom.